The van der Waals surface area contributed by atoms with E-state index in [2.05, 4.69) is 35.1 Å². The van der Waals surface area contributed by atoms with E-state index < -0.39 is 0 Å². The number of aliphatic hydroxyl groups excluding tert-OH is 1. The van der Waals surface area contributed by atoms with E-state index in [1.807, 2.05) is 35.0 Å². The Hall–Kier alpha value is -3.19. The highest BCUT2D eigenvalue weighted by Crippen LogP contribution is 2.36. The summed E-state index contributed by atoms with van der Waals surface area (Å²) in [7, 11) is 0. The van der Waals surface area contributed by atoms with E-state index in [-0.39, 0.29) is 24.2 Å². The van der Waals surface area contributed by atoms with Crippen molar-refractivity contribution >= 4 is 22.4 Å². The highest BCUT2D eigenvalue weighted by Gasteiger charge is 2.28. The van der Waals surface area contributed by atoms with E-state index in [0.29, 0.717) is 5.82 Å². The quantitative estimate of drug-likeness (QED) is 0.667. The molecule has 2 heterocycles. The Morgan fingerprint density at radius 3 is 2.61 bits per heavy atom. The highest BCUT2D eigenvalue weighted by molar-refractivity contribution is 5.97. The first-order valence-corrected chi connectivity index (χ1v) is 10.9. The van der Waals surface area contributed by atoms with Gasteiger partial charge in [-0.3, -0.25) is 0 Å². The monoisotopic (exact) mass is 417 g/mol. The fourth-order valence-electron chi connectivity index (χ4n) is 4.52. The Bertz CT molecular complexity index is 1130. The van der Waals surface area contributed by atoms with Gasteiger partial charge in [-0.05, 0) is 49.5 Å². The molecule has 160 valence electrons. The summed E-state index contributed by atoms with van der Waals surface area (Å²) in [5, 5.41) is 15.6. The number of hydrogen-bond donors (Lipinski definition) is 2. The molecule has 2 aromatic heterocycles. The van der Waals surface area contributed by atoms with Crippen molar-refractivity contribution in [3.05, 3.63) is 60.6 Å². The van der Waals surface area contributed by atoms with Crippen molar-refractivity contribution in [1.82, 2.24) is 19.7 Å². The maximum atomic E-state index is 9.89. The minimum atomic E-state index is -0.219. The molecule has 2 atom stereocenters. The number of ether oxygens (including phenoxy) is 1. The average Bonchev–Trinajstić information content (AvgIpc) is 3.17. The number of anilines is 1. The van der Waals surface area contributed by atoms with Crippen LogP contribution in [0.5, 0.6) is 5.75 Å². The number of rotatable bonds is 4. The van der Waals surface area contributed by atoms with Crippen LogP contribution in [0.2, 0.25) is 0 Å². The number of benzene rings is 1. The first-order chi connectivity index (χ1) is 15.1. The van der Waals surface area contributed by atoms with Crippen molar-refractivity contribution in [3.63, 3.8) is 0 Å². The number of fused-ring (bicyclic) bond motifs is 1. The lowest BCUT2D eigenvalue weighted by molar-refractivity contribution is 0.109. The molecule has 0 spiro atoms. The van der Waals surface area contributed by atoms with Crippen LogP contribution in [0.25, 0.3) is 16.6 Å². The van der Waals surface area contributed by atoms with E-state index in [1.54, 1.807) is 0 Å². The Kier molecular flexibility index (Phi) is 5.19. The zero-order valence-corrected chi connectivity index (χ0v) is 17.6. The average molecular weight is 418 g/mol. The molecule has 0 amide bonds. The van der Waals surface area contributed by atoms with E-state index in [0.717, 1.165) is 53.7 Å². The molecule has 3 aromatic rings. The van der Waals surface area contributed by atoms with Crippen LogP contribution in [0.15, 0.2) is 54.9 Å². The number of nitrogens with two attached hydrogens (primary N) is 1. The van der Waals surface area contributed by atoms with Gasteiger partial charge in [-0.2, -0.15) is 5.10 Å². The molecule has 2 unspecified atom stereocenters. The maximum Gasteiger partial charge on any atom is 0.164 e. The second-order valence-corrected chi connectivity index (χ2v) is 8.45. The fraction of sp³-hybridized carbons (Fsp3) is 0.375. The minimum absolute atomic E-state index is 0.0482. The second-order valence-electron chi connectivity index (χ2n) is 8.45. The summed E-state index contributed by atoms with van der Waals surface area (Å²) in [4.78, 5) is 8.73. The molecule has 1 aromatic carbocycles. The van der Waals surface area contributed by atoms with Gasteiger partial charge in [0.15, 0.2) is 5.65 Å². The van der Waals surface area contributed by atoms with Gasteiger partial charge in [0.25, 0.3) is 0 Å². The third-order valence-corrected chi connectivity index (χ3v) is 6.25. The molecule has 0 aliphatic heterocycles. The molecule has 3 N–H and O–H groups in total. The minimum Gasteiger partial charge on any atom is -0.486 e. The van der Waals surface area contributed by atoms with E-state index in [4.69, 9.17) is 15.6 Å². The van der Waals surface area contributed by atoms with Gasteiger partial charge < -0.3 is 15.6 Å². The van der Waals surface area contributed by atoms with Gasteiger partial charge in [-0.25, -0.2) is 14.6 Å². The van der Waals surface area contributed by atoms with Gasteiger partial charge in [-0.1, -0.05) is 37.3 Å². The van der Waals surface area contributed by atoms with Crippen LogP contribution in [0.1, 0.15) is 44.3 Å². The van der Waals surface area contributed by atoms with Crippen LogP contribution < -0.4 is 10.5 Å². The van der Waals surface area contributed by atoms with Crippen molar-refractivity contribution in [3.8, 4) is 5.75 Å². The highest BCUT2D eigenvalue weighted by atomic mass is 16.5. The summed E-state index contributed by atoms with van der Waals surface area (Å²) in [5.41, 5.74) is 8.84. The van der Waals surface area contributed by atoms with Crippen LogP contribution in [0, 0.1) is 5.92 Å². The summed E-state index contributed by atoms with van der Waals surface area (Å²) in [5.74, 6) is 1.45. The number of allylic oxidation sites excluding steroid dienone is 2. The summed E-state index contributed by atoms with van der Waals surface area (Å²) in [6.45, 7) is 2.14. The van der Waals surface area contributed by atoms with Crippen LogP contribution in [0.3, 0.4) is 0 Å². The number of aromatic nitrogens is 4. The Morgan fingerprint density at radius 2 is 1.87 bits per heavy atom. The van der Waals surface area contributed by atoms with Crippen molar-refractivity contribution in [2.45, 2.75) is 50.9 Å². The van der Waals surface area contributed by atoms with Crippen LogP contribution in [-0.2, 0) is 0 Å². The summed E-state index contributed by atoms with van der Waals surface area (Å²) in [6, 6.07) is 10.1. The second kappa shape index (κ2) is 8.15. The van der Waals surface area contributed by atoms with E-state index in [9.17, 15) is 5.11 Å². The summed E-state index contributed by atoms with van der Waals surface area (Å²) in [6.07, 6.45) is 10.8. The van der Waals surface area contributed by atoms with E-state index >= 15 is 0 Å². The molecule has 7 heteroatoms. The molecule has 5 rings (SSSR count). The molecule has 0 bridgehead atoms. The van der Waals surface area contributed by atoms with Gasteiger partial charge in [-0.15, -0.1) is 0 Å². The zero-order valence-electron chi connectivity index (χ0n) is 17.6. The van der Waals surface area contributed by atoms with Crippen molar-refractivity contribution in [2.75, 3.05) is 5.73 Å². The molecule has 0 radical (unpaired) electrons. The third kappa shape index (κ3) is 3.81. The molecule has 0 saturated heterocycles. The number of aliphatic hydroxyl groups is 1. The first-order valence-electron chi connectivity index (χ1n) is 10.9. The smallest absolute Gasteiger partial charge is 0.164 e. The molecule has 1 saturated carbocycles. The van der Waals surface area contributed by atoms with Gasteiger partial charge in [0, 0.05) is 5.92 Å². The molecule has 7 nitrogen and oxygen atoms in total. The van der Waals surface area contributed by atoms with Crippen molar-refractivity contribution < 1.29 is 9.84 Å². The standard InChI is InChI=1S/C24H27N5O2/c1-15-13-16(7-12-20(15)31-19-5-3-2-4-6-19)22-21-23(25)26-14-27-24(21)29(28-22)17-8-10-18(30)11-9-17/h2-7,12-15,17-18,20,30H,8-11H2,1H3,(H2,25,26,27). The number of para-hydroxylation sites is 1. The lowest BCUT2D eigenvalue weighted by Crippen LogP contribution is -2.24. The molecule has 2 aliphatic carbocycles. The topological polar surface area (TPSA) is 99.1 Å². The van der Waals surface area contributed by atoms with Crippen molar-refractivity contribution in [1.29, 1.82) is 0 Å². The van der Waals surface area contributed by atoms with Crippen molar-refractivity contribution in [2.24, 2.45) is 5.92 Å². The van der Waals surface area contributed by atoms with Crippen LogP contribution >= 0.6 is 0 Å². The summed E-state index contributed by atoms with van der Waals surface area (Å²) >= 11 is 0. The molecule has 1 fully saturated rings. The van der Waals surface area contributed by atoms with Gasteiger partial charge in [0.2, 0.25) is 0 Å². The number of nitrogen functional groups attached to an aromatic ring is 1. The Morgan fingerprint density at radius 1 is 1.10 bits per heavy atom. The van der Waals surface area contributed by atoms with Gasteiger partial charge in [0.05, 0.1) is 17.5 Å². The maximum absolute atomic E-state index is 9.89. The predicted octanol–water partition coefficient (Wildman–Crippen LogP) is 3.92. The first kappa shape index (κ1) is 19.8. The molecule has 2 aliphatic rings. The van der Waals surface area contributed by atoms with Crippen LogP contribution in [-0.4, -0.2) is 37.1 Å². The van der Waals surface area contributed by atoms with Gasteiger partial charge >= 0.3 is 0 Å². The molecule has 31 heavy (non-hydrogen) atoms. The normalized spacial score (nSPS) is 26.1. The zero-order chi connectivity index (χ0) is 21.4. The predicted molar refractivity (Wildman–Crippen MR) is 120 cm³/mol. The molecular weight excluding hydrogens is 390 g/mol. The van der Waals surface area contributed by atoms with E-state index in [1.165, 1.54) is 6.33 Å². The number of nitrogens with zero attached hydrogens (tertiary/aromatic N) is 4. The Labute approximate surface area is 181 Å². The lowest BCUT2D eigenvalue weighted by Gasteiger charge is -2.26. The number of hydrogen-bond acceptors (Lipinski definition) is 6. The van der Waals surface area contributed by atoms with Gasteiger partial charge in [0.1, 0.15) is 29.7 Å². The lowest BCUT2D eigenvalue weighted by atomic mass is 9.93. The Balaban J connectivity index is 1.48. The third-order valence-electron chi connectivity index (χ3n) is 6.25. The molecular formula is C24H27N5O2. The SMILES string of the molecule is CC1C=C(c2nn(C3CCC(O)CC3)c3ncnc(N)c23)C=CC1Oc1ccccc1. The summed E-state index contributed by atoms with van der Waals surface area (Å²) < 4.78 is 8.13. The fourth-order valence-corrected chi connectivity index (χ4v) is 4.52. The van der Waals surface area contributed by atoms with Crippen LogP contribution in [0.4, 0.5) is 5.82 Å². The largest absolute Gasteiger partial charge is 0.486 e.